The lowest BCUT2D eigenvalue weighted by Crippen LogP contribution is -2.30. The first kappa shape index (κ1) is 14.7. The molecule has 0 saturated carbocycles. The van der Waals surface area contributed by atoms with Crippen LogP contribution in [-0.2, 0) is 7.05 Å². The Kier molecular flexibility index (Phi) is 4.68. The molecule has 110 valence electrons. The molecule has 0 fully saturated rings. The summed E-state index contributed by atoms with van der Waals surface area (Å²) in [6.07, 6.45) is 1.54. The van der Waals surface area contributed by atoms with Gasteiger partial charge in [-0.1, -0.05) is 12.1 Å². The standard InChI is InChI=1S/C14H17N5O2/c1-19-12(6-8-17-19)14(21)18-11-5-3-2-4-10(11)13(20)16-9-7-15/h2-6,8H,7,9,15H2,1H3,(H,16,20)(H,18,21). The predicted octanol–water partition coefficient (Wildman–Crippen LogP) is 0.361. The second kappa shape index (κ2) is 6.67. The van der Waals surface area contributed by atoms with Crippen molar-refractivity contribution in [1.82, 2.24) is 15.1 Å². The third kappa shape index (κ3) is 3.46. The summed E-state index contributed by atoms with van der Waals surface area (Å²) in [6, 6.07) is 8.40. The summed E-state index contributed by atoms with van der Waals surface area (Å²) >= 11 is 0. The minimum Gasteiger partial charge on any atom is -0.351 e. The molecular formula is C14H17N5O2. The number of nitrogens with two attached hydrogens (primary N) is 1. The molecule has 7 heteroatoms. The van der Waals surface area contributed by atoms with Crippen molar-refractivity contribution in [3.8, 4) is 0 Å². The lowest BCUT2D eigenvalue weighted by molar-refractivity contribution is 0.0955. The second-order valence-electron chi connectivity index (χ2n) is 4.38. The average molecular weight is 287 g/mol. The molecule has 0 unspecified atom stereocenters. The van der Waals surface area contributed by atoms with Gasteiger partial charge in [0.05, 0.1) is 11.3 Å². The van der Waals surface area contributed by atoms with Gasteiger partial charge in [0.25, 0.3) is 11.8 Å². The highest BCUT2D eigenvalue weighted by Gasteiger charge is 2.15. The van der Waals surface area contributed by atoms with Gasteiger partial charge in [0.1, 0.15) is 5.69 Å². The Balaban J connectivity index is 2.19. The van der Waals surface area contributed by atoms with Gasteiger partial charge in [-0.25, -0.2) is 0 Å². The first-order valence-electron chi connectivity index (χ1n) is 6.50. The summed E-state index contributed by atoms with van der Waals surface area (Å²) in [4.78, 5) is 24.2. The fourth-order valence-corrected chi connectivity index (χ4v) is 1.85. The topological polar surface area (TPSA) is 102 Å². The highest BCUT2D eigenvalue weighted by Crippen LogP contribution is 2.16. The van der Waals surface area contributed by atoms with E-state index in [2.05, 4.69) is 15.7 Å². The zero-order chi connectivity index (χ0) is 15.2. The van der Waals surface area contributed by atoms with Crippen molar-refractivity contribution in [2.75, 3.05) is 18.4 Å². The van der Waals surface area contributed by atoms with Crippen LogP contribution in [0.1, 0.15) is 20.8 Å². The SMILES string of the molecule is Cn1nccc1C(=O)Nc1ccccc1C(=O)NCCN. The Morgan fingerprint density at radius 1 is 1.24 bits per heavy atom. The summed E-state index contributed by atoms with van der Waals surface area (Å²) in [6.45, 7) is 0.734. The van der Waals surface area contributed by atoms with Crippen molar-refractivity contribution in [1.29, 1.82) is 0 Å². The maximum absolute atomic E-state index is 12.2. The maximum Gasteiger partial charge on any atom is 0.273 e. The minimum absolute atomic E-state index is 0.277. The van der Waals surface area contributed by atoms with Crippen molar-refractivity contribution in [2.24, 2.45) is 12.8 Å². The lowest BCUT2D eigenvalue weighted by atomic mass is 10.1. The highest BCUT2D eigenvalue weighted by atomic mass is 16.2. The van der Waals surface area contributed by atoms with Crippen LogP contribution in [-0.4, -0.2) is 34.7 Å². The summed E-state index contributed by atoms with van der Waals surface area (Å²) in [5.41, 5.74) is 6.60. The van der Waals surface area contributed by atoms with Crippen molar-refractivity contribution in [3.63, 3.8) is 0 Å². The Labute approximate surface area is 122 Å². The van der Waals surface area contributed by atoms with Gasteiger partial charge in [-0.15, -0.1) is 0 Å². The molecule has 0 aliphatic heterocycles. The number of aromatic nitrogens is 2. The summed E-state index contributed by atoms with van der Waals surface area (Å²) in [5.74, 6) is -0.601. The zero-order valence-corrected chi connectivity index (χ0v) is 11.7. The number of para-hydroxylation sites is 1. The van der Waals surface area contributed by atoms with E-state index in [4.69, 9.17) is 5.73 Å². The monoisotopic (exact) mass is 287 g/mol. The zero-order valence-electron chi connectivity index (χ0n) is 11.7. The van der Waals surface area contributed by atoms with E-state index in [1.807, 2.05) is 0 Å². The van der Waals surface area contributed by atoms with Crippen molar-refractivity contribution >= 4 is 17.5 Å². The van der Waals surface area contributed by atoms with E-state index in [1.165, 1.54) is 10.9 Å². The second-order valence-corrected chi connectivity index (χ2v) is 4.38. The Morgan fingerprint density at radius 2 is 2.00 bits per heavy atom. The van der Waals surface area contributed by atoms with E-state index in [0.717, 1.165) is 0 Å². The number of hydrogen-bond donors (Lipinski definition) is 3. The van der Waals surface area contributed by atoms with Gasteiger partial charge in [-0.2, -0.15) is 5.10 Å². The van der Waals surface area contributed by atoms with Crippen LogP contribution in [0.5, 0.6) is 0 Å². The molecule has 4 N–H and O–H groups in total. The molecule has 0 spiro atoms. The first-order chi connectivity index (χ1) is 10.1. The van der Waals surface area contributed by atoms with Gasteiger partial charge < -0.3 is 16.4 Å². The number of benzene rings is 1. The lowest BCUT2D eigenvalue weighted by Gasteiger charge is -2.11. The molecule has 7 nitrogen and oxygen atoms in total. The Hall–Kier alpha value is -2.67. The molecule has 0 bridgehead atoms. The quantitative estimate of drug-likeness (QED) is 0.739. The van der Waals surface area contributed by atoms with Crippen molar-refractivity contribution in [2.45, 2.75) is 0 Å². The van der Waals surface area contributed by atoms with Crippen LogP contribution >= 0.6 is 0 Å². The van der Waals surface area contributed by atoms with Crippen LogP contribution in [0.4, 0.5) is 5.69 Å². The predicted molar refractivity (Wildman–Crippen MR) is 79.0 cm³/mol. The molecule has 2 aromatic rings. The Bertz CT molecular complexity index is 650. The van der Waals surface area contributed by atoms with Gasteiger partial charge in [-0.3, -0.25) is 14.3 Å². The molecule has 0 atom stereocenters. The van der Waals surface area contributed by atoms with Crippen LogP contribution in [0.3, 0.4) is 0 Å². The molecule has 0 aliphatic carbocycles. The Morgan fingerprint density at radius 3 is 2.67 bits per heavy atom. The number of amides is 2. The van der Waals surface area contributed by atoms with Crippen LogP contribution in [0.15, 0.2) is 36.5 Å². The number of aryl methyl sites for hydroxylation is 1. The van der Waals surface area contributed by atoms with E-state index >= 15 is 0 Å². The van der Waals surface area contributed by atoms with E-state index in [9.17, 15) is 9.59 Å². The first-order valence-corrected chi connectivity index (χ1v) is 6.50. The number of anilines is 1. The van der Waals surface area contributed by atoms with Gasteiger partial charge in [-0.05, 0) is 18.2 Å². The largest absolute Gasteiger partial charge is 0.351 e. The fourth-order valence-electron chi connectivity index (χ4n) is 1.85. The average Bonchev–Trinajstić information content (AvgIpc) is 2.91. The number of carbonyl (C=O) groups excluding carboxylic acids is 2. The number of hydrogen-bond acceptors (Lipinski definition) is 4. The van der Waals surface area contributed by atoms with Crippen molar-refractivity contribution < 1.29 is 9.59 Å². The van der Waals surface area contributed by atoms with E-state index in [0.29, 0.717) is 30.0 Å². The summed E-state index contributed by atoms with van der Waals surface area (Å²) < 4.78 is 1.46. The van der Waals surface area contributed by atoms with E-state index in [1.54, 1.807) is 37.4 Å². The normalized spacial score (nSPS) is 10.2. The summed E-state index contributed by atoms with van der Waals surface area (Å²) in [7, 11) is 1.68. The molecule has 0 saturated heterocycles. The molecule has 1 aromatic carbocycles. The highest BCUT2D eigenvalue weighted by molar-refractivity contribution is 6.08. The third-order valence-electron chi connectivity index (χ3n) is 2.90. The van der Waals surface area contributed by atoms with Crippen LogP contribution in [0, 0.1) is 0 Å². The van der Waals surface area contributed by atoms with Gasteiger partial charge in [0, 0.05) is 26.3 Å². The molecule has 0 radical (unpaired) electrons. The molecule has 2 amide bonds. The van der Waals surface area contributed by atoms with Crippen LogP contribution in [0.2, 0.25) is 0 Å². The molecular weight excluding hydrogens is 270 g/mol. The van der Waals surface area contributed by atoms with Gasteiger partial charge in [0.2, 0.25) is 0 Å². The summed E-state index contributed by atoms with van der Waals surface area (Å²) in [5, 5.41) is 9.33. The van der Waals surface area contributed by atoms with Crippen LogP contribution < -0.4 is 16.4 Å². The van der Waals surface area contributed by atoms with Crippen LogP contribution in [0.25, 0.3) is 0 Å². The van der Waals surface area contributed by atoms with E-state index < -0.39 is 0 Å². The van der Waals surface area contributed by atoms with E-state index in [-0.39, 0.29) is 11.8 Å². The van der Waals surface area contributed by atoms with Gasteiger partial charge >= 0.3 is 0 Å². The minimum atomic E-state index is -0.325. The number of nitrogens with zero attached hydrogens (tertiary/aromatic N) is 2. The smallest absolute Gasteiger partial charge is 0.273 e. The molecule has 1 heterocycles. The number of rotatable bonds is 5. The van der Waals surface area contributed by atoms with Gasteiger partial charge in [0.15, 0.2) is 0 Å². The van der Waals surface area contributed by atoms with Crippen molar-refractivity contribution in [3.05, 3.63) is 47.8 Å². The molecule has 2 rings (SSSR count). The number of nitrogens with one attached hydrogen (secondary N) is 2. The number of carbonyl (C=O) groups is 2. The molecule has 21 heavy (non-hydrogen) atoms. The third-order valence-corrected chi connectivity index (χ3v) is 2.90. The molecule has 0 aliphatic rings. The maximum atomic E-state index is 12.2. The fraction of sp³-hybridized carbons (Fsp3) is 0.214. The molecule has 1 aromatic heterocycles.